The maximum Gasteiger partial charge on any atom is 0.269 e. The lowest BCUT2D eigenvalue weighted by Crippen LogP contribution is -2.41. The van der Waals surface area contributed by atoms with E-state index in [1.807, 2.05) is 30.3 Å². The third-order valence-corrected chi connectivity index (χ3v) is 2.62. The molecule has 82 valence electrons. The number of amides is 1. The van der Waals surface area contributed by atoms with E-state index in [1.165, 1.54) is 18.2 Å². The highest BCUT2D eigenvalue weighted by Crippen LogP contribution is 2.35. The lowest BCUT2D eigenvalue weighted by molar-refractivity contribution is -0.148. The molecule has 0 spiro atoms. The molecule has 1 aliphatic rings. The number of methoxy groups -OCH3 is 1. The number of hydrogen-bond donors (Lipinski definition) is 0. The maximum atomic E-state index is 11.6. The first-order valence-corrected chi connectivity index (χ1v) is 4.85. The summed E-state index contributed by atoms with van der Waals surface area (Å²) in [6, 6.07) is 9.43. The van der Waals surface area contributed by atoms with Gasteiger partial charge in [0.05, 0.1) is 0 Å². The van der Waals surface area contributed by atoms with Crippen LogP contribution < -0.4 is 0 Å². The van der Waals surface area contributed by atoms with Gasteiger partial charge in [-0.1, -0.05) is 30.3 Å². The molecule has 16 heavy (non-hydrogen) atoms. The van der Waals surface area contributed by atoms with Crippen LogP contribution in [0.15, 0.2) is 47.6 Å². The molecule has 0 aliphatic carbocycles. The Hall–Kier alpha value is -1.94. The normalized spacial score (nSPS) is 23.8. The molecule has 4 heteroatoms. The number of ether oxygens (including phenoxy) is 1. The van der Waals surface area contributed by atoms with Crippen LogP contribution in [-0.2, 0) is 15.3 Å². The zero-order valence-electron chi connectivity index (χ0n) is 8.96. The summed E-state index contributed by atoms with van der Waals surface area (Å²) in [5, 5.41) is 4.94. The minimum absolute atomic E-state index is 0.235. The molecule has 0 radical (unpaired) electrons. The smallest absolute Gasteiger partial charge is 0.269 e. The van der Waals surface area contributed by atoms with Crippen molar-refractivity contribution in [3.8, 4) is 0 Å². The fraction of sp³-hybridized carbons (Fsp3) is 0.167. The van der Waals surface area contributed by atoms with E-state index in [0.29, 0.717) is 0 Å². The fourth-order valence-electron chi connectivity index (χ4n) is 1.83. The molecular weight excluding hydrogens is 204 g/mol. The number of carbonyl (C=O) groups is 1. The van der Waals surface area contributed by atoms with Gasteiger partial charge in [-0.25, -0.2) is 0 Å². The first kappa shape index (κ1) is 10.6. The maximum absolute atomic E-state index is 11.6. The molecule has 1 atom stereocenters. The van der Waals surface area contributed by atoms with Crippen LogP contribution in [0.4, 0.5) is 0 Å². The van der Waals surface area contributed by atoms with E-state index in [2.05, 4.69) is 11.8 Å². The molecule has 0 N–H and O–H groups in total. The molecule has 1 aromatic carbocycles. The van der Waals surface area contributed by atoms with Crippen LogP contribution in [-0.4, -0.2) is 24.7 Å². The van der Waals surface area contributed by atoms with Gasteiger partial charge < -0.3 is 4.74 Å². The van der Waals surface area contributed by atoms with Crippen LogP contribution in [0.3, 0.4) is 0 Å². The van der Waals surface area contributed by atoms with E-state index < -0.39 is 5.72 Å². The van der Waals surface area contributed by atoms with Gasteiger partial charge in [-0.15, -0.1) is 0 Å². The SMILES string of the molecule is C=NN1C(=O)C=CC1(OC)c1ccccc1. The van der Waals surface area contributed by atoms with E-state index in [-0.39, 0.29) is 5.91 Å². The molecule has 1 aromatic rings. The second-order valence-corrected chi connectivity index (χ2v) is 3.39. The number of rotatable bonds is 3. The molecule has 4 nitrogen and oxygen atoms in total. The summed E-state index contributed by atoms with van der Waals surface area (Å²) >= 11 is 0. The number of carbonyl (C=O) groups excluding carboxylic acids is 1. The average Bonchev–Trinajstić information content (AvgIpc) is 2.68. The highest BCUT2D eigenvalue weighted by atomic mass is 16.5. The Labute approximate surface area is 93.8 Å². The molecule has 0 bridgehead atoms. The summed E-state index contributed by atoms with van der Waals surface area (Å²) in [6.07, 6.45) is 3.12. The summed E-state index contributed by atoms with van der Waals surface area (Å²) in [5.74, 6) is -0.235. The van der Waals surface area contributed by atoms with Gasteiger partial charge in [-0.3, -0.25) is 4.79 Å². The largest absolute Gasteiger partial charge is 0.350 e. The van der Waals surface area contributed by atoms with E-state index in [0.717, 1.165) is 5.56 Å². The third kappa shape index (κ3) is 1.35. The van der Waals surface area contributed by atoms with Crippen LogP contribution >= 0.6 is 0 Å². The number of hydrazone groups is 1. The van der Waals surface area contributed by atoms with Crippen LogP contribution in [0.2, 0.25) is 0 Å². The second-order valence-electron chi connectivity index (χ2n) is 3.39. The highest BCUT2D eigenvalue weighted by molar-refractivity contribution is 5.91. The Bertz CT molecular complexity index is 442. The van der Waals surface area contributed by atoms with Gasteiger partial charge >= 0.3 is 0 Å². The monoisotopic (exact) mass is 216 g/mol. The van der Waals surface area contributed by atoms with Crippen LogP contribution in [0.1, 0.15) is 5.56 Å². The van der Waals surface area contributed by atoms with Crippen molar-refractivity contribution in [1.29, 1.82) is 0 Å². The highest BCUT2D eigenvalue weighted by Gasteiger charge is 2.43. The first-order valence-electron chi connectivity index (χ1n) is 4.85. The minimum atomic E-state index is -0.958. The van der Waals surface area contributed by atoms with E-state index >= 15 is 0 Å². The average molecular weight is 216 g/mol. The Morgan fingerprint density at radius 1 is 1.38 bits per heavy atom. The van der Waals surface area contributed by atoms with Crippen LogP contribution in [0, 0.1) is 0 Å². The van der Waals surface area contributed by atoms with E-state index in [9.17, 15) is 4.79 Å². The zero-order chi connectivity index (χ0) is 11.6. The fourth-order valence-corrected chi connectivity index (χ4v) is 1.83. The van der Waals surface area contributed by atoms with Crippen molar-refractivity contribution in [3.63, 3.8) is 0 Å². The lowest BCUT2D eigenvalue weighted by atomic mass is 10.0. The van der Waals surface area contributed by atoms with Crippen LogP contribution in [0.5, 0.6) is 0 Å². The van der Waals surface area contributed by atoms with Crippen molar-refractivity contribution in [2.24, 2.45) is 5.10 Å². The zero-order valence-corrected chi connectivity index (χ0v) is 8.96. The van der Waals surface area contributed by atoms with Gasteiger partial charge in [0, 0.05) is 25.5 Å². The van der Waals surface area contributed by atoms with Gasteiger partial charge in [-0.2, -0.15) is 10.1 Å². The van der Waals surface area contributed by atoms with Crippen molar-refractivity contribution in [2.45, 2.75) is 5.72 Å². The summed E-state index contributed by atoms with van der Waals surface area (Å²) < 4.78 is 5.44. The van der Waals surface area contributed by atoms with Crippen molar-refractivity contribution >= 4 is 12.6 Å². The van der Waals surface area contributed by atoms with Crippen molar-refractivity contribution < 1.29 is 9.53 Å². The van der Waals surface area contributed by atoms with E-state index in [4.69, 9.17) is 4.74 Å². The van der Waals surface area contributed by atoms with Gasteiger partial charge in [0.2, 0.25) is 5.72 Å². The summed E-state index contributed by atoms with van der Waals surface area (Å²) in [7, 11) is 1.54. The molecule has 1 amide bonds. The summed E-state index contributed by atoms with van der Waals surface area (Å²) in [4.78, 5) is 11.6. The topological polar surface area (TPSA) is 41.9 Å². The molecule has 1 heterocycles. The first-order chi connectivity index (χ1) is 7.74. The molecule has 1 aliphatic heterocycles. The Morgan fingerprint density at radius 3 is 2.62 bits per heavy atom. The summed E-state index contributed by atoms with van der Waals surface area (Å²) in [5.41, 5.74) is -0.118. The van der Waals surface area contributed by atoms with Gasteiger partial charge in [-0.05, 0) is 6.08 Å². The molecule has 2 rings (SSSR count). The summed E-state index contributed by atoms with van der Waals surface area (Å²) in [6.45, 7) is 3.40. The van der Waals surface area contributed by atoms with Crippen molar-refractivity contribution in [1.82, 2.24) is 5.01 Å². The van der Waals surface area contributed by atoms with E-state index in [1.54, 1.807) is 6.08 Å². The number of benzene rings is 1. The third-order valence-electron chi connectivity index (χ3n) is 2.62. The van der Waals surface area contributed by atoms with Crippen molar-refractivity contribution in [2.75, 3.05) is 7.11 Å². The van der Waals surface area contributed by atoms with Crippen LogP contribution in [0.25, 0.3) is 0 Å². The molecule has 1 unspecified atom stereocenters. The standard InChI is InChI=1S/C12H12N2O2/c1-13-14-11(15)8-9-12(14,16-2)10-6-4-3-5-7-10/h3-9H,1H2,2H3. The van der Waals surface area contributed by atoms with Gasteiger partial charge in [0.25, 0.3) is 5.91 Å². The number of nitrogens with zero attached hydrogens (tertiary/aromatic N) is 2. The second kappa shape index (κ2) is 3.90. The molecule has 0 saturated heterocycles. The van der Waals surface area contributed by atoms with Gasteiger partial charge in [0.15, 0.2) is 0 Å². The van der Waals surface area contributed by atoms with Crippen molar-refractivity contribution in [3.05, 3.63) is 48.0 Å². The lowest BCUT2D eigenvalue weighted by Gasteiger charge is -2.32. The molecule has 0 saturated carbocycles. The Morgan fingerprint density at radius 2 is 2.06 bits per heavy atom. The Kier molecular flexibility index (Phi) is 2.58. The number of hydrogen-bond acceptors (Lipinski definition) is 3. The molecular formula is C12H12N2O2. The van der Waals surface area contributed by atoms with Gasteiger partial charge in [0.1, 0.15) is 0 Å². The molecule has 0 fully saturated rings. The minimum Gasteiger partial charge on any atom is -0.350 e. The predicted molar refractivity (Wildman–Crippen MR) is 60.7 cm³/mol. The Balaban J connectivity index is 2.52. The quantitative estimate of drug-likeness (QED) is 0.718. The molecule has 0 aromatic heterocycles. The predicted octanol–water partition coefficient (Wildman–Crippen LogP) is 1.50.